The molecule has 1 aliphatic rings. The van der Waals surface area contributed by atoms with Gasteiger partial charge in [0.05, 0.1) is 21.6 Å². The molecular formula is C9H5F3N2O4S. The Morgan fingerprint density at radius 3 is 1.95 bits per heavy atom. The molecule has 6 nitrogen and oxygen atoms in total. The summed E-state index contributed by atoms with van der Waals surface area (Å²) in [5.41, 5.74) is -2.58. The molecule has 10 heteroatoms. The first-order valence-electron chi connectivity index (χ1n) is 4.65. The second-order valence-corrected chi connectivity index (χ2v) is 5.25. The summed E-state index contributed by atoms with van der Waals surface area (Å²) in [5.74, 6) is -2.00. The normalized spacial score (nSPS) is 15.4. The van der Waals surface area contributed by atoms with Crippen molar-refractivity contribution >= 4 is 21.8 Å². The van der Waals surface area contributed by atoms with Gasteiger partial charge in [-0.3, -0.25) is 14.9 Å². The topological polar surface area (TPSA) is 106 Å². The molecule has 3 N–H and O–H groups in total. The summed E-state index contributed by atoms with van der Waals surface area (Å²) < 4.78 is 60.5. The molecule has 0 saturated heterocycles. The van der Waals surface area contributed by atoms with E-state index in [2.05, 4.69) is 5.14 Å². The molecule has 102 valence electrons. The smallest absolute Gasteiger partial charge is 0.288 e. The number of hydrogen-bond acceptors (Lipinski definition) is 4. The van der Waals surface area contributed by atoms with Gasteiger partial charge in [0.15, 0.2) is 0 Å². The van der Waals surface area contributed by atoms with Crippen LogP contribution in [-0.2, 0) is 16.2 Å². The number of amides is 2. The first-order chi connectivity index (χ1) is 8.51. The van der Waals surface area contributed by atoms with Crippen molar-refractivity contribution in [2.24, 2.45) is 5.14 Å². The minimum atomic E-state index is -5.03. The molecule has 0 saturated carbocycles. The van der Waals surface area contributed by atoms with Crippen LogP contribution < -0.4 is 10.5 Å². The molecule has 2 amide bonds. The molecule has 2 rings (SSSR count). The van der Waals surface area contributed by atoms with Gasteiger partial charge in [0, 0.05) is 0 Å². The van der Waals surface area contributed by atoms with Gasteiger partial charge >= 0.3 is 6.18 Å². The van der Waals surface area contributed by atoms with E-state index in [1.807, 2.05) is 0 Å². The van der Waals surface area contributed by atoms with E-state index >= 15 is 0 Å². The summed E-state index contributed by atoms with van der Waals surface area (Å²) in [6.45, 7) is 0. The van der Waals surface area contributed by atoms with Crippen molar-refractivity contribution < 1.29 is 31.2 Å². The first-order valence-corrected chi connectivity index (χ1v) is 6.20. The molecule has 1 aromatic carbocycles. The highest BCUT2D eigenvalue weighted by Gasteiger charge is 2.40. The third kappa shape index (κ3) is 2.19. The summed E-state index contributed by atoms with van der Waals surface area (Å²) in [7, 11) is -4.69. The molecule has 1 aliphatic heterocycles. The van der Waals surface area contributed by atoms with Crippen LogP contribution >= 0.6 is 0 Å². The number of imide groups is 1. The molecule has 0 aromatic heterocycles. The molecule has 0 atom stereocenters. The molecular weight excluding hydrogens is 289 g/mol. The maximum atomic E-state index is 12.7. The number of nitrogens with two attached hydrogens (primary N) is 1. The number of primary sulfonamides is 1. The fourth-order valence-electron chi connectivity index (χ4n) is 1.65. The van der Waals surface area contributed by atoms with E-state index in [0.717, 1.165) is 0 Å². The van der Waals surface area contributed by atoms with Gasteiger partial charge in [0.1, 0.15) is 0 Å². The molecule has 0 radical (unpaired) electrons. The van der Waals surface area contributed by atoms with E-state index in [0.29, 0.717) is 12.1 Å². The number of halogens is 3. The van der Waals surface area contributed by atoms with Gasteiger partial charge in [-0.15, -0.1) is 0 Å². The molecule has 1 heterocycles. The first kappa shape index (κ1) is 13.5. The van der Waals surface area contributed by atoms with Gasteiger partial charge in [-0.05, 0) is 12.1 Å². The van der Waals surface area contributed by atoms with E-state index in [1.54, 1.807) is 5.32 Å². The Bertz CT molecular complexity index is 709. The number of alkyl halides is 3. The standard InChI is InChI=1S/C9H5F3N2O4S/c10-9(11,12)5-1-3-4(8(16)14-7(3)15)2-6(5)19(13,17)18/h1-2H,(H2,13,17,18)(H,14,15,16). The Balaban J connectivity index is 2.85. The second kappa shape index (κ2) is 3.78. The van der Waals surface area contributed by atoms with Crippen molar-refractivity contribution in [3.05, 3.63) is 28.8 Å². The number of fused-ring (bicyclic) bond motifs is 1. The lowest BCUT2D eigenvalue weighted by atomic mass is 10.1. The van der Waals surface area contributed by atoms with Crippen LogP contribution in [0.1, 0.15) is 26.3 Å². The maximum absolute atomic E-state index is 12.7. The van der Waals surface area contributed by atoms with Crippen LogP contribution in [0.5, 0.6) is 0 Å². The summed E-state index contributed by atoms with van der Waals surface area (Å²) >= 11 is 0. The van der Waals surface area contributed by atoms with Crippen molar-refractivity contribution in [3.8, 4) is 0 Å². The van der Waals surface area contributed by atoms with E-state index in [1.165, 1.54) is 0 Å². The molecule has 0 spiro atoms. The number of nitrogens with one attached hydrogen (secondary N) is 1. The van der Waals surface area contributed by atoms with Crippen LogP contribution in [0.3, 0.4) is 0 Å². The number of hydrogen-bond donors (Lipinski definition) is 2. The zero-order valence-corrected chi connectivity index (χ0v) is 9.72. The fraction of sp³-hybridized carbons (Fsp3) is 0.111. The third-order valence-electron chi connectivity index (χ3n) is 2.45. The summed E-state index contributed by atoms with van der Waals surface area (Å²) in [6.07, 6.45) is -5.03. The molecule has 0 unspecified atom stereocenters. The average Bonchev–Trinajstić information content (AvgIpc) is 2.50. The summed E-state index contributed by atoms with van der Waals surface area (Å²) in [4.78, 5) is 21.3. The Hall–Kier alpha value is -1.94. The Morgan fingerprint density at radius 1 is 1.05 bits per heavy atom. The zero-order chi connectivity index (χ0) is 14.6. The minimum absolute atomic E-state index is 0.301. The monoisotopic (exact) mass is 294 g/mol. The van der Waals surface area contributed by atoms with Crippen LogP contribution in [-0.4, -0.2) is 20.2 Å². The highest BCUT2D eigenvalue weighted by atomic mass is 32.2. The van der Waals surface area contributed by atoms with Crippen molar-refractivity contribution in [2.75, 3.05) is 0 Å². The molecule has 1 aromatic rings. The van der Waals surface area contributed by atoms with E-state index in [-0.39, 0.29) is 0 Å². The lowest BCUT2D eigenvalue weighted by Crippen LogP contribution is -2.20. The Labute approximate surface area is 104 Å². The lowest BCUT2D eigenvalue weighted by Gasteiger charge is -2.12. The molecule has 0 fully saturated rings. The number of benzene rings is 1. The molecule has 19 heavy (non-hydrogen) atoms. The Morgan fingerprint density at radius 2 is 1.53 bits per heavy atom. The van der Waals surface area contributed by atoms with Gasteiger partial charge in [-0.2, -0.15) is 13.2 Å². The maximum Gasteiger partial charge on any atom is 0.417 e. The SMILES string of the molecule is NS(=O)(=O)c1cc2c(cc1C(F)(F)F)C(=O)NC2=O. The third-order valence-corrected chi connectivity index (χ3v) is 3.40. The van der Waals surface area contributed by atoms with Gasteiger partial charge in [0.2, 0.25) is 10.0 Å². The quantitative estimate of drug-likeness (QED) is 0.723. The van der Waals surface area contributed by atoms with Gasteiger partial charge in [-0.1, -0.05) is 0 Å². The van der Waals surface area contributed by atoms with Crippen LogP contribution in [0.4, 0.5) is 13.2 Å². The van der Waals surface area contributed by atoms with Crippen molar-refractivity contribution in [2.45, 2.75) is 11.1 Å². The van der Waals surface area contributed by atoms with Crippen molar-refractivity contribution in [1.29, 1.82) is 0 Å². The van der Waals surface area contributed by atoms with Gasteiger partial charge < -0.3 is 0 Å². The lowest BCUT2D eigenvalue weighted by molar-refractivity contribution is -0.139. The number of carbonyl (C=O) groups is 2. The Kier molecular flexibility index (Phi) is 2.68. The van der Waals surface area contributed by atoms with Gasteiger partial charge in [-0.25, -0.2) is 13.6 Å². The summed E-state index contributed by atoms with van der Waals surface area (Å²) in [5, 5.41) is 6.44. The van der Waals surface area contributed by atoms with Crippen LogP contribution in [0.15, 0.2) is 17.0 Å². The predicted molar refractivity (Wildman–Crippen MR) is 54.6 cm³/mol. The fourth-order valence-corrected chi connectivity index (χ4v) is 2.41. The second-order valence-electron chi connectivity index (χ2n) is 3.72. The van der Waals surface area contributed by atoms with Crippen LogP contribution in [0.2, 0.25) is 0 Å². The van der Waals surface area contributed by atoms with Crippen molar-refractivity contribution in [1.82, 2.24) is 5.32 Å². The highest BCUT2D eigenvalue weighted by molar-refractivity contribution is 7.89. The number of rotatable bonds is 1. The summed E-state index contributed by atoms with van der Waals surface area (Å²) in [6, 6.07) is 0.753. The minimum Gasteiger partial charge on any atom is -0.288 e. The highest BCUT2D eigenvalue weighted by Crippen LogP contribution is 2.36. The average molecular weight is 294 g/mol. The number of carbonyl (C=O) groups excluding carboxylic acids is 2. The molecule has 0 bridgehead atoms. The van der Waals surface area contributed by atoms with Crippen LogP contribution in [0, 0.1) is 0 Å². The molecule has 0 aliphatic carbocycles. The van der Waals surface area contributed by atoms with Crippen molar-refractivity contribution in [3.63, 3.8) is 0 Å². The largest absolute Gasteiger partial charge is 0.417 e. The van der Waals surface area contributed by atoms with E-state index < -0.39 is 49.6 Å². The van der Waals surface area contributed by atoms with E-state index in [4.69, 9.17) is 0 Å². The van der Waals surface area contributed by atoms with E-state index in [9.17, 15) is 31.2 Å². The van der Waals surface area contributed by atoms with Gasteiger partial charge in [0.25, 0.3) is 11.8 Å². The number of sulfonamides is 1. The van der Waals surface area contributed by atoms with Crippen LogP contribution in [0.25, 0.3) is 0 Å². The zero-order valence-electron chi connectivity index (χ0n) is 8.91. The predicted octanol–water partition coefficient (Wildman–Crippen LogP) is 0.236.